The minimum atomic E-state index is -0.117. The Morgan fingerprint density at radius 3 is 2.79 bits per heavy atom. The maximum atomic E-state index is 11.8. The average molecular weight is 325 g/mol. The van der Waals surface area contributed by atoms with Crippen molar-refractivity contribution in [2.45, 2.75) is 13.3 Å². The molecule has 1 aromatic carbocycles. The van der Waals surface area contributed by atoms with E-state index in [1.807, 2.05) is 24.3 Å². The van der Waals surface area contributed by atoms with Crippen molar-refractivity contribution in [3.05, 3.63) is 41.4 Å². The van der Waals surface area contributed by atoms with E-state index in [0.29, 0.717) is 13.1 Å². The molecule has 19 heavy (non-hydrogen) atoms. The Morgan fingerprint density at radius 1 is 1.47 bits per heavy atom. The average Bonchev–Trinajstić information content (AvgIpc) is 2.34. The molecule has 0 fully saturated rings. The van der Waals surface area contributed by atoms with Crippen LogP contribution in [0.2, 0.25) is 0 Å². The molecule has 102 valence electrons. The molecule has 0 heterocycles. The largest absolute Gasteiger partial charge is 0.339 e. The SMILES string of the molecule is C=CCN(CCC(=O)Nc1cccc(Br)c1)C(C)=O. The number of hydrogen-bond acceptors (Lipinski definition) is 2. The number of hydrogen-bond donors (Lipinski definition) is 1. The van der Waals surface area contributed by atoms with E-state index in [2.05, 4.69) is 27.8 Å². The van der Waals surface area contributed by atoms with Crippen molar-refractivity contribution in [1.82, 2.24) is 4.90 Å². The lowest BCUT2D eigenvalue weighted by atomic mass is 10.3. The summed E-state index contributed by atoms with van der Waals surface area (Å²) in [4.78, 5) is 24.6. The molecule has 4 nitrogen and oxygen atoms in total. The Balaban J connectivity index is 2.47. The Morgan fingerprint density at radius 2 is 2.21 bits per heavy atom. The Bertz CT molecular complexity index is 474. The summed E-state index contributed by atoms with van der Waals surface area (Å²) in [6, 6.07) is 7.37. The molecule has 0 unspecified atom stereocenters. The van der Waals surface area contributed by atoms with Gasteiger partial charge in [0.05, 0.1) is 0 Å². The molecule has 1 rings (SSSR count). The van der Waals surface area contributed by atoms with Crippen molar-refractivity contribution >= 4 is 33.4 Å². The highest BCUT2D eigenvalue weighted by molar-refractivity contribution is 9.10. The molecule has 5 heteroatoms. The number of nitrogens with zero attached hydrogens (tertiary/aromatic N) is 1. The number of benzene rings is 1. The number of amides is 2. The molecule has 0 aliphatic carbocycles. The Labute approximate surface area is 121 Å². The highest BCUT2D eigenvalue weighted by Crippen LogP contribution is 2.15. The van der Waals surface area contributed by atoms with Gasteiger partial charge in [0.1, 0.15) is 0 Å². The quantitative estimate of drug-likeness (QED) is 0.818. The van der Waals surface area contributed by atoms with Gasteiger partial charge in [-0.1, -0.05) is 28.1 Å². The predicted octanol–water partition coefficient (Wildman–Crippen LogP) is 2.81. The van der Waals surface area contributed by atoms with Gasteiger partial charge in [0, 0.05) is 36.6 Å². The topological polar surface area (TPSA) is 49.4 Å². The molecule has 1 aromatic rings. The molecule has 0 radical (unpaired) electrons. The maximum Gasteiger partial charge on any atom is 0.226 e. The minimum Gasteiger partial charge on any atom is -0.339 e. The second-order valence-electron chi connectivity index (χ2n) is 4.06. The van der Waals surface area contributed by atoms with Crippen molar-refractivity contribution < 1.29 is 9.59 Å². The first-order valence-electron chi connectivity index (χ1n) is 5.94. The van der Waals surface area contributed by atoms with Crippen molar-refractivity contribution in [2.75, 3.05) is 18.4 Å². The summed E-state index contributed by atoms with van der Waals surface area (Å²) in [5, 5.41) is 2.79. The summed E-state index contributed by atoms with van der Waals surface area (Å²) in [5.41, 5.74) is 0.734. The van der Waals surface area contributed by atoms with Crippen molar-refractivity contribution in [2.24, 2.45) is 0 Å². The first-order valence-corrected chi connectivity index (χ1v) is 6.74. The van der Waals surface area contributed by atoms with Crippen LogP contribution in [0.25, 0.3) is 0 Å². The lowest BCUT2D eigenvalue weighted by Crippen LogP contribution is -2.32. The van der Waals surface area contributed by atoms with E-state index in [-0.39, 0.29) is 18.2 Å². The van der Waals surface area contributed by atoms with Crippen LogP contribution in [0.3, 0.4) is 0 Å². The fourth-order valence-electron chi connectivity index (χ4n) is 1.56. The minimum absolute atomic E-state index is 0.0600. The van der Waals surface area contributed by atoms with Crippen molar-refractivity contribution in [3.8, 4) is 0 Å². The van der Waals surface area contributed by atoms with Crippen LogP contribution >= 0.6 is 15.9 Å². The van der Waals surface area contributed by atoms with Crippen LogP contribution in [0.5, 0.6) is 0 Å². The number of nitrogens with one attached hydrogen (secondary N) is 1. The molecule has 0 aliphatic heterocycles. The van der Waals surface area contributed by atoms with E-state index in [9.17, 15) is 9.59 Å². The van der Waals surface area contributed by atoms with Crippen LogP contribution in [0.1, 0.15) is 13.3 Å². The maximum absolute atomic E-state index is 11.8. The highest BCUT2D eigenvalue weighted by Gasteiger charge is 2.09. The second kappa shape index (κ2) is 7.74. The van der Waals surface area contributed by atoms with Gasteiger partial charge >= 0.3 is 0 Å². The van der Waals surface area contributed by atoms with E-state index in [1.165, 1.54) is 6.92 Å². The zero-order valence-corrected chi connectivity index (χ0v) is 12.4. The van der Waals surface area contributed by atoms with Gasteiger partial charge in [-0.15, -0.1) is 6.58 Å². The van der Waals surface area contributed by atoms with Crippen LogP contribution in [-0.4, -0.2) is 29.8 Å². The first-order chi connectivity index (χ1) is 9.02. The first kappa shape index (κ1) is 15.4. The van der Waals surface area contributed by atoms with E-state index < -0.39 is 0 Å². The van der Waals surface area contributed by atoms with Gasteiger partial charge in [-0.05, 0) is 18.2 Å². The van der Waals surface area contributed by atoms with Crippen LogP contribution < -0.4 is 5.32 Å². The summed E-state index contributed by atoms with van der Waals surface area (Å²) in [7, 11) is 0. The third-order valence-electron chi connectivity index (χ3n) is 2.51. The van der Waals surface area contributed by atoms with Gasteiger partial charge in [0.15, 0.2) is 0 Å². The molecular formula is C14H17BrN2O2. The van der Waals surface area contributed by atoms with Crippen molar-refractivity contribution in [3.63, 3.8) is 0 Å². The standard InChI is InChI=1S/C14H17BrN2O2/c1-3-8-17(11(2)18)9-7-14(19)16-13-6-4-5-12(15)10-13/h3-6,10H,1,7-9H2,2H3,(H,16,19). The van der Waals surface area contributed by atoms with Gasteiger partial charge in [-0.3, -0.25) is 9.59 Å². The Kier molecular flexibility index (Phi) is 6.29. The smallest absolute Gasteiger partial charge is 0.226 e. The third-order valence-corrected chi connectivity index (χ3v) is 3.01. The van der Waals surface area contributed by atoms with Gasteiger partial charge in [-0.25, -0.2) is 0 Å². The molecule has 0 aromatic heterocycles. The normalized spacial score (nSPS) is 9.79. The van der Waals surface area contributed by atoms with Crippen LogP contribution in [0, 0.1) is 0 Å². The highest BCUT2D eigenvalue weighted by atomic mass is 79.9. The van der Waals surface area contributed by atoms with Gasteiger partial charge < -0.3 is 10.2 Å². The third kappa shape index (κ3) is 5.70. The fraction of sp³-hybridized carbons (Fsp3) is 0.286. The Hall–Kier alpha value is -1.62. The summed E-state index contributed by atoms with van der Waals surface area (Å²) >= 11 is 3.34. The second-order valence-corrected chi connectivity index (χ2v) is 4.98. The lowest BCUT2D eigenvalue weighted by Gasteiger charge is -2.18. The van der Waals surface area contributed by atoms with Crippen LogP contribution in [0.15, 0.2) is 41.4 Å². The van der Waals surface area contributed by atoms with Crippen LogP contribution in [0.4, 0.5) is 5.69 Å². The number of halogens is 1. The van der Waals surface area contributed by atoms with E-state index in [1.54, 1.807) is 11.0 Å². The number of rotatable bonds is 6. The molecule has 1 N–H and O–H groups in total. The number of anilines is 1. The van der Waals surface area contributed by atoms with E-state index >= 15 is 0 Å². The monoisotopic (exact) mass is 324 g/mol. The summed E-state index contributed by atoms with van der Waals surface area (Å²) in [6.07, 6.45) is 1.91. The molecule has 0 aliphatic rings. The fourth-order valence-corrected chi connectivity index (χ4v) is 1.96. The molecule has 0 spiro atoms. The molecular weight excluding hydrogens is 308 g/mol. The predicted molar refractivity (Wildman–Crippen MR) is 79.8 cm³/mol. The lowest BCUT2D eigenvalue weighted by molar-refractivity contribution is -0.128. The summed E-state index contributed by atoms with van der Waals surface area (Å²) in [6.45, 7) is 5.92. The molecule has 2 amide bonds. The molecule has 0 saturated carbocycles. The molecule has 0 bridgehead atoms. The zero-order valence-electron chi connectivity index (χ0n) is 10.9. The number of carbonyl (C=O) groups excluding carboxylic acids is 2. The van der Waals surface area contributed by atoms with E-state index in [0.717, 1.165) is 10.2 Å². The zero-order chi connectivity index (χ0) is 14.3. The molecule has 0 atom stereocenters. The van der Waals surface area contributed by atoms with E-state index in [4.69, 9.17) is 0 Å². The number of carbonyl (C=O) groups is 2. The van der Waals surface area contributed by atoms with Crippen molar-refractivity contribution in [1.29, 1.82) is 0 Å². The van der Waals surface area contributed by atoms with Crippen LogP contribution in [-0.2, 0) is 9.59 Å². The van der Waals surface area contributed by atoms with Gasteiger partial charge in [0.2, 0.25) is 11.8 Å². The summed E-state index contributed by atoms with van der Waals surface area (Å²) in [5.74, 6) is -0.177. The van der Waals surface area contributed by atoms with Gasteiger partial charge in [-0.2, -0.15) is 0 Å². The molecule has 0 saturated heterocycles. The summed E-state index contributed by atoms with van der Waals surface area (Å²) < 4.78 is 0.905. The van der Waals surface area contributed by atoms with Gasteiger partial charge in [0.25, 0.3) is 0 Å².